The van der Waals surface area contributed by atoms with E-state index in [-0.39, 0.29) is 11.8 Å². The third-order valence-corrected chi connectivity index (χ3v) is 3.92. The zero-order chi connectivity index (χ0) is 10.1. The maximum atomic E-state index is 11.7. The second-order valence-corrected chi connectivity index (χ2v) is 4.72. The van der Waals surface area contributed by atoms with Crippen LogP contribution in [0.4, 0.5) is 0 Å². The van der Waals surface area contributed by atoms with E-state index < -0.39 is 0 Å². The number of ether oxygens (including phenoxy) is 1. The fourth-order valence-corrected chi connectivity index (χ4v) is 2.65. The molecular formula is C11H19NO2. The molecule has 1 amide bonds. The van der Waals surface area contributed by atoms with Crippen molar-refractivity contribution in [2.45, 2.75) is 20.3 Å². The second-order valence-electron chi connectivity index (χ2n) is 4.72. The third kappa shape index (κ3) is 1.65. The summed E-state index contributed by atoms with van der Waals surface area (Å²) in [7, 11) is 0. The third-order valence-electron chi connectivity index (χ3n) is 3.92. The molecule has 0 saturated carbocycles. The lowest BCUT2D eigenvalue weighted by Gasteiger charge is -2.33. The Morgan fingerprint density at radius 2 is 2.21 bits per heavy atom. The minimum Gasteiger partial charge on any atom is -0.381 e. The summed E-state index contributed by atoms with van der Waals surface area (Å²) in [5.41, 5.74) is 0. The van der Waals surface area contributed by atoms with E-state index in [2.05, 4.69) is 19.2 Å². The van der Waals surface area contributed by atoms with Crippen LogP contribution in [0.2, 0.25) is 0 Å². The van der Waals surface area contributed by atoms with Crippen LogP contribution in [0, 0.1) is 23.7 Å². The summed E-state index contributed by atoms with van der Waals surface area (Å²) in [6.07, 6.45) is 1.05. The molecule has 0 aliphatic carbocycles. The van der Waals surface area contributed by atoms with E-state index in [0.29, 0.717) is 24.4 Å². The Balaban J connectivity index is 2.17. The normalized spacial score (nSPS) is 43.7. The topological polar surface area (TPSA) is 38.3 Å². The molecule has 2 heterocycles. The highest BCUT2D eigenvalue weighted by Crippen LogP contribution is 2.34. The van der Waals surface area contributed by atoms with E-state index in [1.165, 1.54) is 0 Å². The van der Waals surface area contributed by atoms with Gasteiger partial charge in [-0.25, -0.2) is 0 Å². The highest BCUT2D eigenvalue weighted by molar-refractivity contribution is 5.79. The molecule has 0 spiro atoms. The van der Waals surface area contributed by atoms with Crippen LogP contribution in [-0.2, 0) is 9.53 Å². The summed E-state index contributed by atoms with van der Waals surface area (Å²) in [6.45, 7) is 6.77. The number of nitrogens with one attached hydrogen (secondary N) is 1. The van der Waals surface area contributed by atoms with Gasteiger partial charge in [0.2, 0.25) is 5.91 Å². The fraction of sp³-hybridized carbons (Fsp3) is 0.909. The van der Waals surface area contributed by atoms with Gasteiger partial charge in [0.1, 0.15) is 0 Å². The van der Waals surface area contributed by atoms with Gasteiger partial charge in [0.25, 0.3) is 0 Å². The van der Waals surface area contributed by atoms with Crippen LogP contribution in [0.5, 0.6) is 0 Å². The van der Waals surface area contributed by atoms with Gasteiger partial charge in [-0.05, 0) is 24.2 Å². The molecular weight excluding hydrogens is 178 g/mol. The molecule has 0 bridgehead atoms. The van der Waals surface area contributed by atoms with Crippen molar-refractivity contribution >= 4 is 5.91 Å². The van der Waals surface area contributed by atoms with Crippen LogP contribution < -0.4 is 5.32 Å². The smallest absolute Gasteiger partial charge is 0.225 e. The fourth-order valence-electron chi connectivity index (χ4n) is 2.65. The van der Waals surface area contributed by atoms with Gasteiger partial charge in [-0.15, -0.1) is 0 Å². The second kappa shape index (κ2) is 3.89. The first-order chi connectivity index (χ1) is 6.70. The van der Waals surface area contributed by atoms with E-state index in [1.54, 1.807) is 0 Å². The number of carbonyl (C=O) groups excluding carboxylic acids is 1. The van der Waals surface area contributed by atoms with Crippen LogP contribution >= 0.6 is 0 Å². The maximum Gasteiger partial charge on any atom is 0.225 e. The van der Waals surface area contributed by atoms with Crippen molar-refractivity contribution in [2.24, 2.45) is 23.7 Å². The zero-order valence-corrected chi connectivity index (χ0v) is 8.95. The van der Waals surface area contributed by atoms with Gasteiger partial charge in [0, 0.05) is 13.2 Å². The Morgan fingerprint density at radius 1 is 1.43 bits per heavy atom. The molecule has 2 rings (SSSR count). The van der Waals surface area contributed by atoms with Gasteiger partial charge >= 0.3 is 0 Å². The maximum absolute atomic E-state index is 11.7. The molecule has 0 radical (unpaired) electrons. The summed E-state index contributed by atoms with van der Waals surface area (Å²) in [4.78, 5) is 11.7. The molecule has 2 unspecified atom stereocenters. The number of hydrogen-bond donors (Lipinski definition) is 1. The van der Waals surface area contributed by atoms with Crippen LogP contribution in [0.15, 0.2) is 0 Å². The van der Waals surface area contributed by atoms with E-state index >= 15 is 0 Å². The Morgan fingerprint density at radius 3 is 3.00 bits per heavy atom. The molecule has 4 atom stereocenters. The van der Waals surface area contributed by atoms with Crippen molar-refractivity contribution in [1.29, 1.82) is 0 Å². The van der Waals surface area contributed by atoms with Crippen LogP contribution in [0.25, 0.3) is 0 Å². The largest absolute Gasteiger partial charge is 0.381 e. The summed E-state index contributed by atoms with van der Waals surface area (Å²) in [5.74, 6) is 2.05. The predicted octanol–water partition coefficient (Wildman–Crippen LogP) is 1.04. The molecule has 2 aliphatic rings. The SMILES string of the molecule is C[C@@H]1CNC(=O)C2COCCC2[C@@H]1C. The van der Waals surface area contributed by atoms with E-state index in [9.17, 15) is 4.79 Å². The average molecular weight is 197 g/mol. The Kier molecular flexibility index (Phi) is 2.77. The number of rotatable bonds is 0. The van der Waals surface area contributed by atoms with Gasteiger partial charge in [0.05, 0.1) is 12.5 Å². The van der Waals surface area contributed by atoms with Crippen LogP contribution in [0.1, 0.15) is 20.3 Å². The van der Waals surface area contributed by atoms with Gasteiger partial charge in [-0.1, -0.05) is 13.8 Å². The molecule has 2 saturated heterocycles. The minimum absolute atomic E-state index is 0.101. The Bertz CT molecular complexity index is 229. The molecule has 0 aromatic carbocycles. The summed E-state index contributed by atoms with van der Waals surface area (Å²) in [5, 5.41) is 3.00. The van der Waals surface area contributed by atoms with Crippen molar-refractivity contribution < 1.29 is 9.53 Å². The first-order valence-electron chi connectivity index (χ1n) is 5.55. The minimum atomic E-state index is 0.101. The number of carbonyl (C=O) groups is 1. The molecule has 3 nitrogen and oxygen atoms in total. The molecule has 0 aromatic heterocycles. The molecule has 14 heavy (non-hydrogen) atoms. The van der Waals surface area contributed by atoms with Gasteiger partial charge in [-0.2, -0.15) is 0 Å². The number of hydrogen-bond acceptors (Lipinski definition) is 2. The monoisotopic (exact) mass is 197 g/mol. The molecule has 2 fully saturated rings. The predicted molar refractivity (Wildman–Crippen MR) is 53.8 cm³/mol. The van der Waals surface area contributed by atoms with E-state index in [0.717, 1.165) is 19.6 Å². The highest BCUT2D eigenvalue weighted by atomic mass is 16.5. The van der Waals surface area contributed by atoms with Crippen molar-refractivity contribution in [3.05, 3.63) is 0 Å². The lowest BCUT2D eigenvalue weighted by molar-refractivity contribution is -0.132. The summed E-state index contributed by atoms with van der Waals surface area (Å²) >= 11 is 0. The quantitative estimate of drug-likeness (QED) is 0.630. The summed E-state index contributed by atoms with van der Waals surface area (Å²) < 4.78 is 5.39. The first kappa shape index (κ1) is 9.97. The van der Waals surface area contributed by atoms with E-state index in [1.807, 2.05) is 0 Å². The van der Waals surface area contributed by atoms with Crippen LogP contribution in [-0.4, -0.2) is 25.7 Å². The molecule has 2 aliphatic heterocycles. The Hall–Kier alpha value is -0.570. The first-order valence-corrected chi connectivity index (χ1v) is 5.55. The van der Waals surface area contributed by atoms with Gasteiger partial charge in [0.15, 0.2) is 0 Å². The zero-order valence-electron chi connectivity index (χ0n) is 8.95. The lowest BCUT2D eigenvalue weighted by atomic mass is 9.75. The summed E-state index contributed by atoms with van der Waals surface area (Å²) in [6, 6.07) is 0. The van der Waals surface area contributed by atoms with Crippen molar-refractivity contribution in [1.82, 2.24) is 5.32 Å². The molecule has 80 valence electrons. The Labute approximate surface area is 85.2 Å². The van der Waals surface area contributed by atoms with Gasteiger partial charge in [-0.3, -0.25) is 4.79 Å². The standard InChI is InChI=1S/C11H19NO2/c1-7-5-12-11(13)10-6-14-4-3-9(10)8(7)2/h7-10H,3-6H2,1-2H3,(H,12,13)/t7-,8-,9?,10?/m1/s1. The molecule has 3 heteroatoms. The molecule has 1 N–H and O–H groups in total. The molecule has 0 aromatic rings. The average Bonchev–Trinajstić information content (AvgIpc) is 2.33. The van der Waals surface area contributed by atoms with Crippen molar-refractivity contribution in [2.75, 3.05) is 19.8 Å². The highest BCUT2D eigenvalue weighted by Gasteiger charge is 2.39. The number of amides is 1. The number of fused-ring (bicyclic) bond motifs is 1. The lowest BCUT2D eigenvalue weighted by Crippen LogP contribution is -2.39. The van der Waals surface area contributed by atoms with Crippen molar-refractivity contribution in [3.63, 3.8) is 0 Å². The van der Waals surface area contributed by atoms with Crippen LogP contribution in [0.3, 0.4) is 0 Å². The van der Waals surface area contributed by atoms with Crippen molar-refractivity contribution in [3.8, 4) is 0 Å². The van der Waals surface area contributed by atoms with E-state index in [4.69, 9.17) is 4.74 Å². The van der Waals surface area contributed by atoms with Gasteiger partial charge < -0.3 is 10.1 Å².